The zero-order chi connectivity index (χ0) is 25.1. The van der Waals surface area contributed by atoms with Crippen LogP contribution in [0.2, 0.25) is 0 Å². The molecule has 0 unspecified atom stereocenters. The first-order valence-electron chi connectivity index (χ1n) is 12.4. The Balaban J connectivity index is 1.69. The van der Waals surface area contributed by atoms with Crippen molar-refractivity contribution in [1.82, 2.24) is 20.0 Å². The predicted octanol–water partition coefficient (Wildman–Crippen LogP) is 6.30. The fraction of sp³-hybridized carbons (Fsp3) is 0.0938. The van der Waals surface area contributed by atoms with Crippen LogP contribution >= 0.6 is 0 Å². The number of nitrogens with zero attached hydrogens (tertiary/aromatic N) is 4. The van der Waals surface area contributed by atoms with Crippen molar-refractivity contribution < 1.29 is 0 Å². The largest absolute Gasteiger partial charge is 0.373 e. The van der Waals surface area contributed by atoms with Crippen molar-refractivity contribution in [3.63, 3.8) is 0 Å². The second kappa shape index (κ2) is 9.70. The minimum atomic E-state index is -0.776. The van der Waals surface area contributed by atoms with Gasteiger partial charge in [-0.2, -0.15) is 0 Å². The summed E-state index contributed by atoms with van der Waals surface area (Å²) in [6, 6.07) is 44.0. The molecular formula is C32H27N5. The molecule has 2 heterocycles. The molecule has 4 aromatic carbocycles. The summed E-state index contributed by atoms with van der Waals surface area (Å²) in [5.41, 5.74) is 6.30. The zero-order valence-corrected chi connectivity index (χ0v) is 20.6. The zero-order valence-electron chi connectivity index (χ0n) is 20.6. The molecule has 0 fully saturated rings. The lowest BCUT2D eigenvalue weighted by atomic mass is 9.77. The molecule has 0 bridgehead atoms. The Kier molecular flexibility index (Phi) is 5.95. The maximum atomic E-state index is 5.03. The summed E-state index contributed by atoms with van der Waals surface area (Å²) in [6.07, 6.45) is 0.738. The van der Waals surface area contributed by atoms with Crippen molar-refractivity contribution in [2.24, 2.45) is 0 Å². The molecule has 6 rings (SSSR count). The SMILES string of the molecule is CNc1cc(Cc2ccccc2)c2nnn(C(c3ccccc3)(c3ccccc3)c3ccccc3)c2n1. The molecule has 1 N–H and O–H groups in total. The molecule has 0 aliphatic heterocycles. The third kappa shape index (κ3) is 3.95. The molecule has 0 saturated carbocycles. The van der Waals surface area contributed by atoms with Gasteiger partial charge >= 0.3 is 0 Å². The molecule has 0 aliphatic carbocycles. The molecule has 0 saturated heterocycles. The molecule has 0 spiro atoms. The highest BCUT2D eigenvalue weighted by atomic mass is 15.5. The molecule has 0 aliphatic rings. The molecule has 0 amide bonds. The van der Waals surface area contributed by atoms with Crippen molar-refractivity contribution in [2.75, 3.05) is 12.4 Å². The molecular weight excluding hydrogens is 454 g/mol. The summed E-state index contributed by atoms with van der Waals surface area (Å²) >= 11 is 0. The van der Waals surface area contributed by atoms with Gasteiger partial charge in [0.25, 0.3) is 0 Å². The van der Waals surface area contributed by atoms with Gasteiger partial charge in [-0.15, -0.1) is 5.10 Å². The Morgan fingerprint density at radius 1 is 0.676 bits per heavy atom. The lowest BCUT2D eigenvalue weighted by molar-refractivity contribution is 0.458. The van der Waals surface area contributed by atoms with Gasteiger partial charge in [-0.05, 0) is 40.3 Å². The van der Waals surface area contributed by atoms with E-state index in [2.05, 4.69) is 108 Å². The van der Waals surface area contributed by atoms with Crippen molar-refractivity contribution in [1.29, 1.82) is 0 Å². The Hall–Kier alpha value is -4.77. The molecule has 37 heavy (non-hydrogen) atoms. The number of hydrogen-bond acceptors (Lipinski definition) is 4. The van der Waals surface area contributed by atoms with Crippen LogP contribution in [0.15, 0.2) is 127 Å². The van der Waals surface area contributed by atoms with Crippen LogP contribution in [0.4, 0.5) is 5.82 Å². The quantitative estimate of drug-likeness (QED) is 0.272. The van der Waals surface area contributed by atoms with E-state index in [0.29, 0.717) is 0 Å². The van der Waals surface area contributed by atoms with Crippen molar-refractivity contribution in [2.45, 2.75) is 12.0 Å². The average molecular weight is 482 g/mol. The number of aromatic nitrogens is 4. The van der Waals surface area contributed by atoms with Crippen LogP contribution in [0.5, 0.6) is 0 Å². The first-order valence-corrected chi connectivity index (χ1v) is 12.4. The van der Waals surface area contributed by atoms with Gasteiger partial charge in [0.15, 0.2) is 5.65 Å². The second-order valence-electron chi connectivity index (χ2n) is 9.06. The summed E-state index contributed by atoms with van der Waals surface area (Å²) < 4.78 is 2.00. The molecule has 5 heteroatoms. The highest BCUT2D eigenvalue weighted by Crippen LogP contribution is 2.42. The van der Waals surface area contributed by atoms with E-state index in [4.69, 9.17) is 15.3 Å². The van der Waals surface area contributed by atoms with Gasteiger partial charge in [0.2, 0.25) is 0 Å². The van der Waals surface area contributed by atoms with Crippen LogP contribution in [0, 0.1) is 0 Å². The van der Waals surface area contributed by atoms with E-state index in [0.717, 1.165) is 45.7 Å². The molecule has 2 aromatic heterocycles. The lowest BCUT2D eigenvalue weighted by Crippen LogP contribution is -2.39. The van der Waals surface area contributed by atoms with Gasteiger partial charge in [0, 0.05) is 7.05 Å². The van der Waals surface area contributed by atoms with E-state index in [9.17, 15) is 0 Å². The monoisotopic (exact) mass is 481 g/mol. The van der Waals surface area contributed by atoms with Crippen LogP contribution in [0.25, 0.3) is 11.2 Å². The summed E-state index contributed by atoms with van der Waals surface area (Å²) in [4.78, 5) is 5.03. The lowest BCUT2D eigenvalue weighted by Gasteiger charge is -2.36. The molecule has 6 aromatic rings. The minimum Gasteiger partial charge on any atom is -0.373 e. The Bertz CT molecular complexity index is 1520. The van der Waals surface area contributed by atoms with Crippen molar-refractivity contribution in [3.05, 3.63) is 155 Å². The van der Waals surface area contributed by atoms with Gasteiger partial charge in [-0.1, -0.05) is 127 Å². The third-order valence-electron chi connectivity index (χ3n) is 6.87. The summed E-state index contributed by atoms with van der Waals surface area (Å²) in [5, 5.41) is 12.9. The van der Waals surface area contributed by atoms with Gasteiger partial charge in [-0.25, -0.2) is 9.67 Å². The number of nitrogens with one attached hydrogen (secondary N) is 1. The third-order valence-corrected chi connectivity index (χ3v) is 6.87. The van der Waals surface area contributed by atoms with Crippen LogP contribution in [0.3, 0.4) is 0 Å². The second-order valence-corrected chi connectivity index (χ2v) is 9.06. The van der Waals surface area contributed by atoms with E-state index in [1.165, 1.54) is 5.56 Å². The first kappa shape index (κ1) is 22.7. The van der Waals surface area contributed by atoms with Gasteiger partial charge in [0.1, 0.15) is 16.9 Å². The van der Waals surface area contributed by atoms with E-state index >= 15 is 0 Å². The normalized spacial score (nSPS) is 11.5. The molecule has 0 radical (unpaired) electrons. The van der Waals surface area contributed by atoms with E-state index < -0.39 is 5.54 Å². The maximum absolute atomic E-state index is 5.03. The fourth-order valence-electron chi connectivity index (χ4n) is 5.17. The number of anilines is 1. The number of pyridine rings is 1. The van der Waals surface area contributed by atoms with Crippen molar-refractivity contribution >= 4 is 17.0 Å². The van der Waals surface area contributed by atoms with Gasteiger partial charge in [0.05, 0.1) is 0 Å². The first-order chi connectivity index (χ1) is 18.3. The van der Waals surface area contributed by atoms with E-state index in [-0.39, 0.29) is 0 Å². The number of fused-ring (bicyclic) bond motifs is 1. The number of rotatable bonds is 7. The topological polar surface area (TPSA) is 55.6 Å². The summed E-state index contributed by atoms with van der Waals surface area (Å²) in [5.74, 6) is 0.782. The van der Waals surface area contributed by atoms with Crippen LogP contribution in [-0.4, -0.2) is 27.0 Å². The van der Waals surface area contributed by atoms with E-state index in [1.807, 2.05) is 36.0 Å². The van der Waals surface area contributed by atoms with E-state index in [1.54, 1.807) is 0 Å². The average Bonchev–Trinajstić information content (AvgIpc) is 3.40. The smallest absolute Gasteiger partial charge is 0.182 e. The molecule has 180 valence electrons. The Labute approximate surface area is 216 Å². The number of benzene rings is 4. The van der Waals surface area contributed by atoms with Gasteiger partial charge in [-0.3, -0.25) is 0 Å². The Morgan fingerprint density at radius 3 is 1.65 bits per heavy atom. The molecule has 5 nitrogen and oxygen atoms in total. The van der Waals surface area contributed by atoms with Crippen LogP contribution in [-0.2, 0) is 12.0 Å². The highest BCUT2D eigenvalue weighted by Gasteiger charge is 2.41. The summed E-state index contributed by atoms with van der Waals surface area (Å²) in [7, 11) is 1.90. The molecule has 0 atom stereocenters. The van der Waals surface area contributed by atoms with Crippen molar-refractivity contribution in [3.8, 4) is 0 Å². The Morgan fingerprint density at radius 2 is 1.16 bits per heavy atom. The predicted molar refractivity (Wildman–Crippen MR) is 149 cm³/mol. The van der Waals surface area contributed by atoms with Crippen LogP contribution in [0.1, 0.15) is 27.8 Å². The minimum absolute atomic E-state index is 0.731. The van der Waals surface area contributed by atoms with Crippen LogP contribution < -0.4 is 5.32 Å². The fourth-order valence-corrected chi connectivity index (χ4v) is 5.17. The number of hydrogen-bond donors (Lipinski definition) is 1. The standard InChI is InChI=1S/C32H27N5/c1-33-29-23-25(22-24-14-6-2-7-15-24)30-31(34-29)37(36-35-30)32(26-16-8-3-9-17-26,27-18-10-4-11-19-27)28-20-12-5-13-21-28/h2-21,23H,22H2,1H3,(H,33,34). The maximum Gasteiger partial charge on any atom is 0.182 e. The van der Waals surface area contributed by atoms with Gasteiger partial charge < -0.3 is 5.32 Å². The highest BCUT2D eigenvalue weighted by molar-refractivity contribution is 5.78. The summed E-state index contributed by atoms with van der Waals surface area (Å²) in [6.45, 7) is 0.